The fourth-order valence-corrected chi connectivity index (χ4v) is 3.63. The van der Waals surface area contributed by atoms with Gasteiger partial charge in [-0.3, -0.25) is 0 Å². The summed E-state index contributed by atoms with van der Waals surface area (Å²) in [5, 5.41) is 0.876. The van der Waals surface area contributed by atoms with Crippen molar-refractivity contribution in [3.63, 3.8) is 0 Å². The summed E-state index contributed by atoms with van der Waals surface area (Å²) in [6.45, 7) is 2.29. The molecule has 3 heteroatoms. The number of fused-ring (bicyclic) bond motifs is 1. The number of hydrogen-bond acceptors (Lipinski definition) is 1. The van der Waals surface area contributed by atoms with E-state index in [0.717, 1.165) is 16.2 Å². The van der Waals surface area contributed by atoms with Crippen LogP contribution in [-0.2, 0) is 11.8 Å². The maximum Gasteiger partial charge on any atom is 0.0465 e. The highest BCUT2D eigenvalue weighted by atomic mass is 79.9. The lowest BCUT2D eigenvalue weighted by Crippen LogP contribution is -2.24. The van der Waals surface area contributed by atoms with Gasteiger partial charge < -0.3 is 4.90 Å². The van der Waals surface area contributed by atoms with E-state index < -0.39 is 0 Å². The van der Waals surface area contributed by atoms with Gasteiger partial charge in [-0.1, -0.05) is 56.1 Å². The van der Waals surface area contributed by atoms with Gasteiger partial charge in [0.1, 0.15) is 0 Å². The van der Waals surface area contributed by atoms with Crippen LogP contribution in [0.3, 0.4) is 0 Å². The Kier molecular flexibility index (Phi) is 3.68. The zero-order valence-corrected chi connectivity index (χ0v) is 13.9. The highest BCUT2D eigenvalue weighted by Crippen LogP contribution is 2.41. The van der Waals surface area contributed by atoms with E-state index >= 15 is 0 Å². The van der Waals surface area contributed by atoms with Crippen LogP contribution in [0.5, 0.6) is 0 Å². The number of hydrogen-bond donors (Lipinski definition) is 0. The van der Waals surface area contributed by atoms with Gasteiger partial charge in [0.15, 0.2) is 0 Å². The summed E-state index contributed by atoms with van der Waals surface area (Å²) in [6.07, 6.45) is 1.12. The molecule has 0 saturated carbocycles. The van der Waals surface area contributed by atoms with E-state index in [1.807, 2.05) is 0 Å². The molecule has 2 aromatic rings. The molecule has 0 aromatic heterocycles. The second kappa shape index (κ2) is 5.29. The third kappa shape index (κ3) is 2.34. The van der Waals surface area contributed by atoms with E-state index in [1.54, 1.807) is 0 Å². The monoisotopic (exact) mass is 379 g/mol. The molecule has 0 fully saturated rings. The smallest absolute Gasteiger partial charge is 0.0465 e. The van der Waals surface area contributed by atoms with Gasteiger partial charge in [-0.2, -0.15) is 0 Å². The molecule has 1 aliphatic rings. The van der Waals surface area contributed by atoms with Crippen molar-refractivity contribution in [3.05, 3.63) is 58.1 Å². The van der Waals surface area contributed by atoms with E-state index in [9.17, 15) is 0 Å². The molecule has 0 aliphatic carbocycles. The number of nitrogens with zero attached hydrogens (tertiary/aromatic N) is 1. The molecule has 1 aliphatic heterocycles. The lowest BCUT2D eigenvalue weighted by molar-refractivity contribution is 0.757. The Hall–Kier alpha value is -0.800. The fraction of sp³-hybridized carbons (Fsp3) is 0.250. The largest absolute Gasteiger partial charge is 0.338 e. The molecule has 19 heavy (non-hydrogen) atoms. The second-order valence-corrected chi connectivity index (χ2v) is 6.43. The molecule has 0 spiro atoms. The van der Waals surface area contributed by atoms with Crippen LogP contribution >= 0.6 is 31.9 Å². The van der Waals surface area contributed by atoms with Crippen molar-refractivity contribution >= 4 is 43.2 Å². The second-order valence-electron chi connectivity index (χ2n) is 4.96. The summed E-state index contributed by atoms with van der Waals surface area (Å²) in [4.78, 5) is 2.46. The molecule has 0 saturated heterocycles. The number of alkyl halides is 1. The lowest BCUT2D eigenvalue weighted by atomic mass is 10.1. The quantitative estimate of drug-likeness (QED) is 0.628. The zero-order valence-electron chi connectivity index (χ0n) is 10.7. The topological polar surface area (TPSA) is 3.24 Å². The van der Waals surface area contributed by atoms with Crippen molar-refractivity contribution in [1.82, 2.24) is 0 Å². The van der Waals surface area contributed by atoms with E-state index in [1.165, 1.54) is 22.5 Å². The number of para-hydroxylation sites is 1. The van der Waals surface area contributed by atoms with Crippen molar-refractivity contribution in [2.24, 2.45) is 0 Å². The standard InChI is InChI=1S/C16H15Br2N/c1-11-8-12-4-2-3-5-15(12)19(11)16-9-14(18)7-6-13(16)10-17/h2-7,9,11H,8,10H2,1H3. The van der Waals surface area contributed by atoms with Crippen molar-refractivity contribution in [1.29, 1.82) is 0 Å². The molecule has 98 valence electrons. The molecule has 3 rings (SSSR count). The number of anilines is 2. The Morgan fingerprint density at radius 2 is 1.95 bits per heavy atom. The van der Waals surface area contributed by atoms with Gasteiger partial charge >= 0.3 is 0 Å². The summed E-state index contributed by atoms with van der Waals surface area (Å²) in [5.41, 5.74) is 5.40. The molecule has 1 unspecified atom stereocenters. The number of halogens is 2. The van der Waals surface area contributed by atoms with Gasteiger partial charge in [0.05, 0.1) is 0 Å². The van der Waals surface area contributed by atoms with Crippen LogP contribution in [0, 0.1) is 0 Å². The van der Waals surface area contributed by atoms with Crippen molar-refractivity contribution < 1.29 is 0 Å². The highest BCUT2D eigenvalue weighted by Gasteiger charge is 2.28. The molecule has 1 atom stereocenters. The Morgan fingerprint density at radius 3 is 2.74 bits per heavy atom. The van der Waals surface area contributed by atoms with Crippen LogP contribution in [-0.4, -0.2) is 6.04 Å². The van der Waals surface area contributed by atoms with Gasteiger partial charge in [0.25, 0.3) is 0 Å². The molecule has 2 aromatic carbocycles. The van der Waals surface area contributed by atoms with Gasteiger partial charge in [-0.25, -0.2) is 0 Å². The number of rotatable bonds is 2. The summed E-state index contributed by atoms with van der Waals surface area (Å²) in [7, 11) is 0. The van der Waals surface area contributed by atoms with Crippen LogP contribution < -0.4 is 4.90 Å². The third-order valence-corrected chi connectivity index (χ3v) is 4.76. The molecule has 0 bridgehead atoms. The predicted molar refractivity (Wildman–Crippen MR) is 88.5 cm³/mol. The maximum atomic E-state index is 3.60. The van der Waals surface area contributed by atoms with E-state index in [2.05, 4.69) is 86.1 Å². The first-order chi connectivity index (χ1) is 9.20. The Labute approximate surface area is 130 Å². The normalized spacial score (nSPS) is 17.6. The summed E-state index contributed by atoms with van der Waals surface area (Å²) < 4.78 is 1.13. The van der Waals surface area contributed by atoms with Crippen LogP contribution in [0.25, 0.3) is 0 Å². The maximum absolute atomic E-state index is 3.60. The van der Waals surface area contributed by atoms with Crippen LogP contribution in [0.15, 0.2) is 46.9 Å². The molecule has 0 amide bonds. The SMILES string of the molecule is CC1Cc2ccccc2N1c1cc(Br)ccc1CBr. The zero-order chi connectivity index (χ0) is 13.4. The Balaban J connectivity index is 2.14. The first-order valence-electron chi connectivity index (χ1n) is 6.42. The first kappa shape index (κ1) is 13.2. The van der Waals surface area contributed by atoms with Gasteiger partial charge in [0, 0.05) is 27.2 Å². The van der Waals surface area contributed by atoms with Crippen LogP contribution in [0.4, 0.5) is 11.4 Å². The fourth-order valence-electron chi connectivity index (χ4n) is 2.81. The average Bonchev–Trinajstić information content (AvgIpc) is 2.74. The molecule has 0 N–H and O–H groups in total. The van der Waals surface area contributed by atoms with E-state index in [-0.39, 0.29) is 0 Å². The summed E-state index contributed by atoms with van der Waals surface area (Å²) in [6, 6.07) is 15.7. The van der Waals surface area contributed by atoms with E-state index in [4.69, 9.17) is 0 Å². The van der Waals surface area contributed by atoms with Crippen molar-refractivity contribution in [2.45, 2.75) is 24.7 Å². The first-order valence-corrected chi connectivity index (χ1v) is 8.33. The van der Waals surface area contributed by atoms with Crippen LogP contribution in [0.1, 0.15) is 18.1 Å². The third-order valence-electron chi connectivity index (χ3n) is 3.66. The average molecular weight is 381 g/mol. The van der Waals surface area contributed by atoms with Crippen molar-refractivity contribution in [2.75, 3.05) is 4.90 Å². The van der Waals surface area contributed by atoms with Gasteiger partial charge in [-0.05, 0) is 42.7 Å². The Bertz CT molecular complexity index is 609. The minimum Gasteiger partial charge on any atom is -0.338 e. The minimum absolute atomic E-state index is 0.504. The minimum atomic E-state index is 0.504. The highest BCUT2D eigenvalue weighted by molar-refractivity contribution is 9.10. The summed E-state index contributed by atoms with van der Waals surface area (Å²) in [5.74, 6) is 0. The van der Waals surface area contributed by atoms with Gasteiger partial charge in [-0.15, -0.1) is 0 Å². The summed E-state index contributed by atoms with van der Waals surface area (Å²) >= 11 is 7.19. The lowest BCUT2D eigenvalue weighted by Gasteiger charge is -2.27. The van der Waals surface area contributed by atoms with E-state index in [0.29, 0.717) is 6.04 Å². The molecule has 1 heterocycles. The molecule has 0 radical (unpaired) electrons. The molecular formula is C16H15Br2N. The van der Waals surface area contributed by atoms with Crippen LogP contribution in [0.2, 0.25) is 0 Å². The molecule has 1 nitrogen and oxygen atoms in total. The molecular weight excluding hydrogens is 366 g/mol. The number of benzene rings is 2. The van der Waals surface area contributed by atoms with Gasteiger partial charge in [0.2, 0.25) is 0 Å². The predicted octanol–water partition coefficient (Wildman–Crippen LogP) is 5.43. The Morgan fingerprint density at radius 1 is 1.16 bits per heavy atom. The van der Waals surface area contributed by atoms with Crippen molar-refractivity contribution in [3.8, 4) is 0 Å².